The summed E-state index contributed by atoms with van der Waals surface area (Å²) < 4.78 is 13.8. The molecule has 13 rings (SSSR count). The van der Waals surface area contributed by atoms with E-state index in [0.29, 0.717) is 0 Å². The molecule has 88 heavy (non-hydrogen) atoms. The zero-order valence-electron chi connectivity index (χ0n) is 50.8. The number of hydrogen-bond donors (Lipinski definition) is 2. The van der Waals surface area contributed by atoms with Crippen LogP contribution in [0, 0.1) is 0 Å². The van der Waals surface area contributed by atoms with Crippen LogP contribution >= 0.6 is 15.9 Å². The first-order chi connectivity index (χ1) is 41.0. The number of carbonyl (C=O) groups is 2. The molecular formula is C77H76BBrN2O6Pd. The third-order valence-corrected chi connectivity index (χ3v) is 17.4. The number of anilines is 6. The van der Waals surface area contributed by atoms with E-state index in [0.717, 1.165) is 52.2 Å². The fraction of sp³-hybridized carbons (Fsp3) is 0.195. The smallest absolute Gasteiger partial charge is 0.481 e. The van der Waals surface area contributed by atoms with Crippen molar-refractivity contribution in [1.82, 2.24) is 0 Å². The molecule has 450 valence electrons. The average molecular weight is 1320 g/mol. The minimum atomic E-state index is -0.833. The summed E-state index contributed by atoms with van der Waals surface area (Å²) in [6.07, 6.45) is 0. The molecule has 0 unspecified atom stereocenters. The van der Waals surface area contributed by atoms with Gasteiger partial charge in [0.2, 0.25) is 0 Å². The van der Waals surface area contributed by atoms with E-state index in [1.807, 2.05) is 0 Å². The molecule has 1 fully saturated rings. The Labute approximate surface area is 542 Å². The van der Waals surface area contributed by atoms with Gasteiger partial charge in [0, 0.05) is 83.7 Å². The maximum Gasteiger partial charge on any atom is 0.494 e. The number of aliphatic carboxylic acids is 2. The number of halogens is 1. The molecule has 2 aliphatic carbocycles. The molecule has 1 aliphatic heterocycles. The van der Waals surface area contributed by atoms with Crippen LogP contribution in [0.5, 0.6) is 0 Å². The van der Waals surface area contributed by atoms with Gasteiger partial charge in [0.15, 0.2) is 0 Å². The molecule has 0 radical (unpaired) electrons. The van der Waals surface area contributed by atoms with Crippen LogP contribution in [0.3, 0.4) is 0 Å². The van der Waals surface area contributed by atoms with Crippen molar-refractivity contribution in [1.29, 1.82) is 0 Å². The van der Waals surface area contributed by atoms with E-state index in [9.17, 15) is 0 Å². The molecular weight excluding hydrogens is 1250 g/mol. The minimum absolute atomic E-state index is 0. The first-order valence-corrected chi connectivity index (χ1v) is 29.8. The summed E-state index contributed by atoms with van der Waals surface area (Å²) in [6, 6.07) is 87.4. The largest absolute Gasteiger partial charge is 0.494 e. The van der Waals surface area contributed by atoms with E-state index >= 15 is 0 Å². The van der Waals surface area contributed by atoms with Crippen LogP contribution in [0.25, 0.3) is 44.5 Å². The van der Waals surface area contributed by atoms with Crippen LogP contribution in [-0.4, -0.2) is 40.5 Å². The van der Waals surface area contributed by atoms with Gasteiger partial charge in [0.25, 0.3) is 11.9 Å². The summed E-state index contributed by atoms with van der Waals surface area (Å²) in [5.74, 6) is -1.67. The second-order valence-corrected chi connectivity index (χ2v) is 24.9. The summed E-state index contributed by atoms with van der Waals surface area (Å²) in [7, 11) is -0.392. The van der Waals surface area contributed by atoms with E-state index < -0.39 is 19.1 Å². The molecule has 0 atom stereocenters. The molecule has 3 aliphatic rings. The van der Waals surface area contributed by atoms with Crippen molar-refractivity contribution in [2.45, 2.75) is 98.7 Å². The number of carboxylic acids is 2. The monoisotopic (exact) mass is 1320 g/mol. The van der Waals surface area contributed by atoms with Crippen molar-refractivity contribution in [2.24, 2.45) is 0 Å². The topological polar surface area (TPSA) is 99.5 Å². The standard InChI is InChI=1S/C39H38BNO2.C33H26BrN.2C2H4O2.CH4.Pd/c1-37(2)35-15-11-10-14-33(35)34-25-24-32(26-36(34)37)41(30-20-16-28(17-21-30)27-12-8-7-9-13-27)31-22-18-29(19-23-31)40-42-38(3,4)39(5,6)43-40;1-33(2)31-11-7-6-10-29(31)30-21-20-28(22-32(30)33)35(27-18-14-25(34)15-19-27)26-16-12-24(13-17-26)23-8-4-3-5-9-23;2*1-2(3)4;;/h7-26H,1-6H3;3-22H,1-2H3;2*1H3,(H,3,4);1H4;. The predicted molar refractivity (Wildman–Crippen MR) is 365 cm³/mol. The van der Waals surface area contributed by atoms with E-state index in [2.05, 4.69) is 324 Å². The second kappa shape index (κ2) is 27.1. The molecule has 1 heterocycles. The van der Waals surface area contributed by atoms with Gasteiger partial charge in [-0.25, -0.2) is 0 Å². The summed E-state index contributed by atoms with van der Waals surface area (Å²) >= 11 is 3.60. The Morgan fingerprint density at radius 1 is 0.375 bits per heavy atom. The molecule has 0 aromatic heterocycles. The van der Waals surface area contributed by atoms with Crippen LogP contribution in [0.15, 0.2) is 247 Å². The van der Waals surface area contributed by atoms with Gasteiger partial charge in [-0.1, -0.05) is 209 Å². The quantitative estimate of drug-likeness (QED) is 0.138. The van der Waals surface area contributed by atoms with Gasteiger partial charge >= 0.3 is 7.12 Å². The Morgan fingerprint density at radius 2 is 0.648 bits per heavy atom. The maximum absolute atomic E-state index is 9.00. The van der Waals surface area contributed by atoms with Crippen LogP contribution in [0.2, 0.25) is 0 Å². The third kappa shape index (κ3) is 13.8. The van der Waals surface area contributed by atoms with Crippen LogP contribution in [-0.2, 0) is 50.2 Å². The normalized spacial score (nSPS) is 14.3. The zero-order valence-corrected chi connectivity index (χ0v) is 53.9. The van der Waals surface area contributed by atoms with Gasteiger partial charge in [-0.15, -0.1) is 0 Å². The fourth-order valence-electron chi connectivity index (χ4n) is 11.8. The summed E-state index contributed by atoms with van der Waals surface area (Å²) in [5, 5.41) is 14.8. The summed E-state index contributed by atoms with van der Waals surface area (Å²) in [5.41, 5.74) is 22.6. The van der Waals surface area contributed by atoms with Crippen molar-refractivity contribution < 1.29 is 49.5 Å². The molecule has 10 aromatic carbocycles. The van der Waals surface area contributed by atoms with Crippen LogP contribution < -0.4 is 15.3 Å². The first kappa shape index (κ1) is 65.8. The van der Waals surface area contributed by atoms with Crippen molar-refractivity contribution >= 4 is 74.6 Å². The van der Waals surface area contributed by atoms with Crippen molar-refractivity contribution in [3.63, 3.8) is 0 Å². The van der Waals surface area contributed by atoms with Gasteiger partial charge in [-0.3, -0.25) is 9.59 Å². The van der Waals surface area contributed by atoms with Crippen molar-refractivity contribution in [3.8, 4) is 44.5 Å². The van der Waals surface area contributed by atoms with Gasteiger partial charge in [-0.2, -0.15) is 0 Å². The van der Waals surface area contributed by atoms with E-state index in [1.54, 1.807) is 0 Å². The Hall–Kier alpha value is -8.13. The molecule has 2 N–H and O–H groups in total. The van der Waals surface area contributed by atoms with E-state index in [1.165, 1.54) is 72.4 Å². The molecule has 10 aromatic rings. The fourth-order valence-corrected chi connectivity index (χ4v) is 12.0. The van der Waals surface area contributed by atoms with Crippen molar-refractivity contribution in [2.75, 3.05) is 9.80 Å². The number of fused-ring (bicyclic) bond motifs is 6. The number of nitrogens with zero attached hydrogens (tertiary/aromatic N) is 2. The van der Waals surface area contributed by atoms with E-state index in [4.69, 9.17) is 29.1 Å². The Balaban J connectivity index is 0.000000202. The third-order valence-electron chi connectivity index (χ3n) is 16.9. The zero-order chi connectivity index (χ0) is 61.1. The van der Waals surface area contributed by atoms with Gasteiger partial charge < -0.3 is 29.3 Å². The van der Waals surface area contributed by atoms with Crippen LogP contribution in [0.4, 0.5) is 34.1 Å². The molecule has 0 saturated carbocycles. The molecule has 0 amide bonds. The minimum Gasteiger partial charge on any atom is -0.481 e. The Bertz CT molecular complexity index is 4010. The maximum atomic E-state index is 9.00. The average Bonchev–Trinajstić information content (AvgIpc) is 1.64. The molecule has 1 saturated heterocycles. The first-order valence-electron chi connectivity index (χ1n) is 29.0. The van der Waals surface area contributed by atoms with Gasteiger partial charge in [0.1, 0.15) is 0 Å². The molecule has 11 heteroatoms. The van der Waals surface area contributed by atoms with Crippen LogP contribution in [0.1, 0.15) is 98.9 Å². The number of benzene rings is 10. The predicted octanol–water partition coefficient (Wildman–Crippen LogP) is 20.1. The van der Waals surface area contributed by atoms with Crippen molar-refractivity contribution in [3.05, 3.63) is 269 Å². The molecule has 0 spiro atoms. The van der Waals surface area contributed by atoms with E-state index in [-0.39, 0.29) is 49.9 Å². The van der Waals surface area contributed by atoms with Gasteiger partial charge in [-0.05, 0) is 185 Å². The Morgan fingerprint density at radius 3 is 1.00 bits per heavy atom. The number of rotatable bonds is 9. The number of hydrogen-bond acceptors (Lipinski definition) is 6. The SMILES string of the molecule is C.CC(=O)O.CC(=O)O.CC1(C)c2ccccc2-c2ccc(N(c3ccc(B4OC(C)(C)C(C)(C)O4)cc3)c3ccc(-c4ccccc4)cc3)cc21.CC1(C)c2ccccc2-c2ccc(N(c3ccc(Br)cc3)c3ccc(-c4ccccc4)cc3)cc21.[Pd]. The molecule has 8 nitrogen and oxygen atoms in total. The summed E-state index contributed by atoms with van der Waals surface area (Å²) in [6.45, 7) is 19.9. The second-order valence-electron chi connectivity index (χ2n) is 24.0. The van der Waals surface area contributed by atoms with Gasteiger partial charge in [0.05, 0.1) is 11.2 Å². The number of carboxylic acid groups (broad SMARTS) is 2. The molecule has 0 bridgehead atoms. The Kier molecular flexibility index (Phi) is 20.3. The summed E-state index contributed by atoms with van der Waals surface area (Å²) in [4.78, 5) is 22.7.